The van der Waals surface area contributed by atoms with Crippen LogP contribution in [0.3, 0.4) is 0 Å². The third-order valence-corrected chi connectivity index (χ3v) is 5.99. The van der Waals surface area contributed by atoms with E-state index in [-0.39, 0.29) is 11.8 Å². The zero-order valence-electron chi connectivity index (χ0n) is 17.1. The maximum Gasteiger partial charge on any atom is 0.283 e. The Kier molecular flexibility index (Phi) is 5.46. The molecule has 0 aromatic heterocycles. The van der Waals surface area contributed by atoms with E-state index < -0.39 is 0 Å². The monoisotopic (exact) mass is 414 g/mol. The van der Waals surface area contributed by atoms with Gasteiger partial charge in [0.15, 0.2) is 0 Å². The Morgan fingerprint density at radius 3 is 2.23 bits per heavy atom. The summed E-state index contributed by atoms with van der Waals surface area (Å²) in [5.41, 5.74) is 4.65. The van der Waals surface area contributed by atoms with E-state index in [1.54, 1.807) is 0 Å². The highest BCUT2D eigenvalue weighted by Gasteiger charge is 2.40. The van der Waals surface area contributed by atoms with Crippen molar-refractivity contribution in [2.45, 2.75) is 25.7 Å². The van der Waals surface area contributed by atoms with Crippen molar-refractivity contribution in [2.75, 3.05) is 10.2 Å². The predicted molar refractivity (Wildman–Crippen MR) is 123 cm³/mol. The molecule has 150 valence electrons. The quantitative estimate of drug-likeness (QED) is 0.552. The molecular formula is C25H22N2O2S. The van der Waals surface area contributed by atoms with Crippen molar-refractivity contribution >= 4 is 35.0 Å². The van der Waals surface area contributed by atoms with Gasteiger partial charge in [-0.2, -0.15) is 0 Å². The van der Waals surface area contributed by atoms with Crippen molar-refractivity contribution < 1.29 is 9.59 Å². The molecule has 0 spiro atoms. The third-order valence-electron chi connectivity index (χ3n) is 4.90. The van der Waals surface area contributed by atoms with Gasteiger partial charge in [-0.1, -0.05) is 54.2 Å². The number of benzene rings is 3. The Bertz CT molecular complexity index is 1170. The van der Waals surface area contributed by atoms with Crippen LogP contribution in [0.25, 0.3) is 0 Å². The summed E-state index contributed by atoms with van der Waals surface area (Å²) in [5.74, 6) is -0.647. The first-order valence-electron chi connectivity index (χ1n) is 9.71. The summed E-state index contributed by atoms with van der Waals surface area (Å²) in [6.45, 7) is 5.85. The van der Waals surface area contributed by atoms with Crippen LogP contribution < -0.4 is 10.2 Å². The normalized spacial score (nSPS) is 13.9. The summed E-state index contributed by atoms with van der Waals surface area (Å²) in [7, 11) is 0. The van der Waals surface area contributed by atoms with E-state index >= 15 is 0 Å². The summed E-state index contributed by atoms with van der Waals surface area (Å²) in [6.07, 6.45) is 0. The van der Waals surface area contributed by atoms with Gasteiger partial charge in [0.05, 0.1) is 5.69 Å². The molecule has 1 heterocycles. The summed E-state index contributed by atoms with van der Waals surface area (Å²) >= 11 is 1.31. The molecule has 1 N–H and O–H groups in total. The number of anilines is 2. The molecule has 0 bridgehead atoms. The first kappa shape index (κ1) is 20.0. The molecule has 0 atom stereocenters. The number of carbonyl (C=O) groups is 2. The minimum atomic E-state index is -0.339. The second-order valence-corrected chi connectivity index (χ2v) is 8.43. The van der Waals surface area contributed by atoms with Crippen molar-refractivity contribution in [3.05, 3.63) is 100 Å². The second kappa shape index (κ2) is 8.20. The molecule has 0 radical (unpaired) electrons. The van der Waals surface area contributed by atoms with Gasteiger partial charge in [0.1, 0.15) is 10.6 Å². The van der Waals surface area contributed by atoms with Crippen LogP contribution in [-0.4, -0.2) is 11.8 Å². The first-order valence-corrected chi connectivity index (χ1v) is 10.5. The predicted octanol–water partition coefficient (Wildman–Crippen LogP) is 5.60. The molecule has 5 heteroatoms. The maximum absolute atomic E-state index is 13.4. The lowest BCUT2D eigenvalue weighted by atomic mass is 10.1. The fourth-order valence-corrected chi connectivity index (χ4v) is 4.32. The number of carbonyl (C=O) groups excluding carboxylic acids is 2. The molecule has 2 amide bonds. The van der Waals surface area contributed by atoms with Crippen molar-refractivity contribution in [1.29, 1.82) is 0 Å². The van der Waals surface area contributed by atoms with E-state index in [2.05, 4.69) is 5.32 Å². The largest absolute Gasteiger partial charge is 0.350 e. The van der Waals surface area contributed by atoms with Gasteiger partial charge in [-0.15, -0.1) is 0 Å². The SMILES string of the molecule is Cc1cccc(NC2=C(Sc3ccccc3)C(=O)N(c3cc(C)ccc3C)C2=O)c1. The van der Waals surface area contributed by atoms with Gasteiger partial charge in [-0.05, 0) is 67.8 Å². The van der Waals surface area contributed by atoms with Gasteiger partial charge < -0.3 is 5.32 Å². The summed E-state index contributed by atoms with van der Waals surface area (Å²) in [4.78, 5) is 29.5. The Morgan fingerprint density at radius 2 is 1.50 bits per heavy atom. The molecular weight excluding hydrogens is 392 g/mol. The van der Waals surface area contributed by atoms with E-state index in [0.717, 1.165) is 27.3 Å². The van der Waals surface area contributed by atoms with Crippen LogP contribution in [0.4, 0.5) is 11.4 Å². The number of amides is 2. The maximum atomic E-state index is 13.4. The van der Waals surface area contributed by atoms with E-state index in [0.29, 0.717) is 16.3 Å². The van der Waals surface area contributed by atoms with E-state index in [1.165, 1.54) is 16.7 Å². The van der Waals surface area contributed by atoms with Crippen molar-refractivity contribution in [3.63, 3.8) is 0 Å². The standard InChI is InChI=1S/C25H22N2O2S/c1-16-8-7-9-19(14-16)26-22-23(30-20-10-5-4-6-11-20)25(29)27(24(22)28)21-15-17(2)12-13-18(21)3/h4-15,26H,1-3H3. The summed E-state index contributed by atoms with van der Waals surface area (Å²) in [6, 6.07) is 23.2. The molecule has 0 saturated heterocycles. The molecule has 3 aromatic rings. The van der Waals surface area contributed by atoms with Crippen LogP contribution in [0.5, 0.6) is 0 Å². The van der Waals surface area contributed by atoms with Crippen LogP contribution in [-0.2, 0) is 9.59 Å². The number of hydrogen-bond acceptors (Lipinski definition) is 4. The molecule has 3 aromatic carbocycles. The van der Waals surface area contributed by atoms with E-state index in [9.17, 15) is 9.59 Å². The minimum absolute atomic E-state index is 0.306. The van der Waals surface area contributed by atoms with Crippen LogP contribution in [0.2, 0.25) is 0 Å². The van der Waals surface area contributed by atoms with Gasteiger partial charge in [0, 0.05) is 10.6 Å². The lowest BCUT2D eigenvalue weighted by molar-refractivity contribution is -0.120. The Morgan fingerprint density at radius 1 is 0.767 bits per heavy atom. The zero-order valence-corrected chi connectivity index (χ0v) is 17.9. The highest BCUT2D eigenvalue weighted by molar-refractivity contribution is 8.04. The number of aryl methyl sites for hydroxylation is 3. The van der Waals surface area contributed by atoms with Crippen LogP contribution in [0.1, 0.15) is 16.7 Å². The molecule has 30 heavy (non-hydrogen) atoms. The van der Waals surface area contributed by atoms with Crippen molar-refractivity contribution in [1.82, 2.24) is 0 Å². The van der Waals surface area contributed by atoms with Crippen molar-refractivity contribution in [3.8, 4) is 0 Å². The Hall–Kier alpha value is -3.31. The van der Waals surface area contributed by atoms with Crippen molar-refractivity contribution in [2.24, 2.45) is 0 Å². The summed E-state index contributed by atoms with van der Waals surface area (Å²) < 4.78 is 0. The zero-order chi connectivity index (χ0) is 21.3. The van der Waals surface area contributed by atoms with Gasteiger partial charge in [-0.25, -0.2) is 4.90 Å². The fourth-order valence-electron chi connectivity index (χ4n) is 3.37. The summed E-state index contributed by atoms with van der Waals surface area (Å²) in [5, 5.41) is 3.21. The highest BCUT2D eigenvalue weighted by Crippen LogP contribution is 2.38. The van der Waals surface area contributed by atoms with Gasteiger partial charge >= 0.3 is 0 Å². The van der Waals surface area contributed by atoms with Crippen LogP contribution >= 0.6 is 11.8 Å². The lowest BCUT2D eigenvalue weighted by Crippen LogP contribution is -2.33. The smallest absolute Gasteiger partial charge is 0.283 e. The molecule has 4 nitrogen and oxygen atoms in total. The molecule has 1 aliphatic heterocycles. The molecule has 0 saturated carbocycles. The molecule has 0 aliphatic carbocycles. The van der Waals surface area contributed by atoms with Gasteiger partial charge in [-0.3, -0.25) is 9.59 Å². The lowest BCUT2D eigenvalue weighted by Gasteiger charge is -2.18. The average molecular weight is 415 g/mol. The second-order valence-electron chi connectivity index (χ2n) is 7.35. The Labute approximate surface area is 180 Å². The van der Waals surface area contributed by atoms with Gasteiger partial charge in [0.25, 0.3) is 11.8 Å². The average Bonchev–Trinajstić information content (AvgIpc) is 2.95. The number of nitrogens with one attached hydrogen (secondary N) is 1. The third kappa shape index (κ3) is 3.89. The van der Waals surface area contributed by atoms with E-state index in [4.69, 9.17) is 0 Å². The highest BCUT2D eigenvalue weighted by atomic mass is 32.2. The van der Waals surface area contributed by atoms with Crippen LogP contribution in [0, 0.1) is 20.8 Å². The number of nitrogens with zero attached hydrogens (tertiary/aromatic N) is 1. The van der Waals surface area contributed by atoms with E-state index in [1.807, 2.05) is 93.6 Å². The number of rotatable bonds is 5. The first-order chi connectivity index (χ1) is 14.4. The fraction of sp³-hybridized carbons (Fsp3) is 0.120. The van der Waals surface area contributed by atoms with Crippen LogP contribution in [0.15, 0.2) is 88.3 Å². The number of imide groups is 1. The molecule has 0 fully saturated rings. The number of hydrogen-bond donors (Lipinski definition) is 1. The minimum Gasteiger partial charge on any atom is -0.350 e. The molecule has 1 aliphatic rings. The van der Waals surface area contributed by atoms with Gasteiger partial charge in [0.2, 0.25) is 0 Å². The molecule has 4 rings (SSSR count). The Balaban J connectivity index is 1.78. The molecule has 0 unspecified atom stereocenters. The topological polar surface area (TPSA) is 49.4 Å². The number of thioether (sulfide) groups is 1.